The molecule has 3 aromatic carbocycles. The lowest BCUT2D eigenvalue weighted by atomic mass is 10.0. The second kappa shape index (κ2) is 9.43. The van der Waals surface area contributed by atoms with E-state index in [4.69, 9.17) is 5.73 Å². The lowest BCUT2D eigenvalue weighted by Gasteiger charge is -2.29. The van der Waals surface area contributed by atoms with Crippen molar-refractivity contribution in [3.8, 4) is 11.1 Å². The zero-order chi connectivity index (χ0) is 22.6. The fourth-order valence-electron chi connectivity index (χ4n) is 4.53. The topological polar surface area (TPSA) is 71.2 Å². The molecule has 1 aliphatic heterocycles. The normalized spacial score (nSPS) is 14.8. The highest BCUT2D eigenvalue weighted by Gasteiger charge is 2.20. The van der Waals surface area contributed by atoms with Crippen LogP contribution in [0.1, 0.15) is 30.9 Å². The highest BCUT2D eigenvalue weighted by atomic mass is 16.2. The molecule has 166 valence electrons. The number of nitrogens with zero attached hydrogens (tertiary/aromatic N) is 2. The largest absolute Gasteiger partial charge is 0.370 e. The zero-order valence-electron chi connectivity index (χ0n) is 18.6. The summed E-state index contributed by atoms with van der Waals surface area (Å²) in [5, 5.41) is 3.97. The molecule has 0 aliphatic carbocycles. The third kappa shape index (κ3) is 4.45. The Morgan fingerprint density at radius 1 is 0.848 bits per heavy atom. The smallest absolute Gasteiger partial charge is 0.245 e. The quantitative estimate of drug-likeness (QED) is 0.431. The minimum absolute atomic E-state index is 0.238. The van der Waals surface area contributed by atoms with Crippen LogP contribution in [0, 0.1) is 0 Å². The van der Waals surface area contributed by atoms with Gasteiger partial charge in [0.05, 0.1) is 16.9 Å². The van der Waals surface area contributed by atoms with E-state index in [1.807, 2.05) is 60.7 Å². The average molecular weight is 437 g/mol. The molecule has 33 heavy (non-hydrogen) atoms. The molecule has 2 heterocycles. The van der Waals surface area contributed by atoms with E-state index < -0.39 is 6.04 Å². The van der Waals surface area contributed by atoms with Crippen molar-refractivity contribution in [2.24, 2.45) is 5.73 Å². The van der Waals surface area contributed by atoms with Gasteiger partial charge in [0.25, 0.3) is 0 Å². The van der Waals surface area contributed by atoms with Crippen LogP contribution >= 0.6 is 0 Å². The second-order valence-corrected chi connectivity index (χ2v) is 8.53. The van der Waals surface area contributed by atoms with E-state index in [2.05, 4.69) is 33.4 Å². The molecule has 0 radical (unpaired) electrons. The Morgan fingerprint density at radius 2 is 1.58 bits per heavy atom. The minimum atomic E-state index is -0.761. The van der Waals surface area contributed by atoms with Gasteiger partial charge < -0.3 is 16.0 Å². The summed E-state index contributed by atoms with van der Waals surface area (Å²) in [6.45, 7) is 2.09. The van der Waals surface area contributed by atoms with Crippen molar-refractivity contribution < 1.29 is 4.79 Å². The minimum Gasteiger partial charge on any atom is -0.370 e. The predicted molar refractivity (Wildman–Crippen MR) is 135 cm³/mol. The van der Waals surface area contributed by atoms with Crippen LogP contribution in [0.3, 0.4) is 0 Å². The van der Waals surface area contributed by atoms with Crippen LogP contribution in [0.2, 0.25) is 0 Å². The number of aromatic nitrogens is 1. The molecule has 1 fully saturated rings. The molecule has 4 aromatic rings. The SMILES string of the molecule is NC(C(=O)Nc1ccc(N2CCCCC2)c2ncccc12)c1ccc(-c2ccccc2)cc1. The molecule has 1 aromatic heterocycles. The first-order chi connectivity index (χ1) is 16.2. The van der Waals surface area contributed by atoms with Crippen molar-refractivity contribution in [2.75, 3.05) is 23.3 Å². The number of hydrogen-bond donors (Lipinski definition) is 2. The second-order valence-electron chi connectivity index (χ2n) is 8.53. The predicted octanol–water partition coefficient (Wildman–Crippen LogP) is 5.53. The summed E-state index contributed by atoms with van der Waals surface area (Å²) in [7, 11) is 0. The summed E-state index contributed by atoms with van der Waals surface area (Å²) in [5.74, 6) is -0.238. The lowest BCUT2D eigenvalue weighted by molar-refractivity contribution is -0.117. The Balaban J connectivity index is 1.36. The van der Waals surface area contributed by atoms with Crippen molar-refractivity contribution in [3.63, 3.8) is 0 Å². The Labute approximate surface area is 194 Å². The summed E-state index contributed by atoms with van der Waals surface area (Å²) in [6.07, 6.45) is 5.48. The molecular formula is C28H28N4O. The number of carbonyl (C=O) groups excluding carboxylic acids is 1. The fraction of sp³-hybridized carbons (Fsp3) is 0.214. The molecule has 5 heteroatoms. The van der Waals surface area contributed by atoms with Gasteiger partial charge in [0, 0.05) is 24.7 Å². The third-order valence-corrected chi connectivity index (χ3v) is 6.36. The summed E-state index contributed by atoms with van der Waals surface area (Å²) in [5.41, 5.74) is 12.1. The summed E-state index contributed by atoms with van der Waals surface area (Å²) in [6, 6.07) is 25.2. The molecule has 1 unspecified atom stereocenters. The van der Waals surface area contributed by atoms with Crippen LogP contribution in [-0.4, -0.2) is 24.0 Å². The van der Waals surface area contributed by atoms with Gasteiger partial charge in [-0.05, 0) is 60.2 Å². The van der Waals surface area contributed by atoms with Gasteiger partial charge in [-0.25, -0.2) is 0 Å². The van der Waals surface area contributed by atoms with Gasteiger partial charge >= 0.3 is 0 Å². The molecule has 1 atom stereocenters. The standard InChI is InChI=1S/C28H28N4O/c29-26(22-13-11-21(12-14-22)20-8-3-1-4-9-20)28(33)31-24-15-16-25(32-18-5-2-6-19-32)27-23(24)10-7-17-30-27/h1,3-4,7-17,26H,2,5-6,18-19,29H2,(H,31,33). The number of hydrogen-bond acceptors (Lipinski definition) is 4. The van der Waals surface area contributed by atoms with E-state index in [1.54, 1.807) is 6.20 Å². The van der Waals surface area contributed by atoms with E-state index in [-0.39, 0.29) is 5.91 Å². The molecule has 5 nitrogen and oxygen atoms in total. The molecule has 0 saturated carbocycles. The van der Waals surface area contributed by atoms with E-state index in [0.717, 1.165) is 52.1 Å². The van der Waals surface area contributed by atoms with Crippen LogP contribution in [0.25, 0.3) is 22.0 Å². The number of nitrogens with one attached hydrogen (secondary N) is 1. The summed E-state index contributed by atoms with van der Waals surface area (Å²) < 4.78 is 0. The van der Waals surface area contributed by atoms with Crippen LogP contribution in [0.15, 0.2) is 85.1 Å². The van der Waals surface area contributed by atoms with Crippen molar-refractivity contribution >= 4 is 28.2 Å². The van der Waals surface area contributed by atoms with Gasteiger partial charge in [-0.3, -0.25) is 9.78 Å². The van der Waals surface area contributed by atoms with Gasteiger partial charge in [0.1, 0.15) is 6.04 Å². The van der Waals surface area contributed by atoms with E-state index >= 15 is 0 Å². The van der Waals surface area contributed by atoms with Gasteiger partial charge in [0.2, 0.25) is 5.91 Å². The maximum absolute atomic E-state index is 13.0. The van der Waals surface area contributed by atoms with Gasteiger partial charge in [-0.1, -0.05) is 54.6 Å². The number of rotatable bonds is 5. The van der Waals surface area contributed by atoms with Crippen LogP contribution in [0.5, 0.6) is 0 Å². The van der Waals surface area contributed by atoms with Crippen molar-refractivity contribution in [2.45, 2.75) is 25.3 Å². The molecule has 0 spiro atoms. The third-order valence-electron chi connectivity index (χ3n) is 6.36. The van der Waals surface area contributed by atoms with Crippen molar-refractivity contribution in [3.05, 3.63) is 90.6 Å². The highest BCUT2D eigenvalue weighted by molar-refractivity contribution is 6.06. The van der Waals surface area contributed by atoms with Crippen LogP contribution in [0.4, 0.5) is 11.4 Å². The number of carbonyl (C=O) groups is 1. The Morgan fingerprint density at radius 3 is 2.33 bits per heavy atom. The first-order valence-electron chi connectivity index (χ1n) is 11.6. The van der Waals surface area contributed by atoms with E-state index in [1.165, 1.54) is 19.3 Å². The average Bonchev–Trinajstić information content (AvgIpc) is 2.89. The van der Waals surface area contributed by atoms with Crippen molar-refractivity contribution in [1.29, 1.82) is 0 Å². The number of piperidine rings is 1. The number of nitrogens with two attached hydrogens (primary N) is 1. The maximum Gasteiger partial charge on any atom is 0.245 e. The number of pyridine rings is 1. The molecule has 1 aliphatic rings. The lowest BCUT2D eigenvalue weighted by Crippen LogP contribution is -2.30. The van der Waals surface area contributed by atoms with Gasteiger partial charge in [-0.2, -0.15) is 0 Å². The first kappa shape index (κ1) is 21.2. The monoisotopic (exact) mass is 436 g/mol. The number of benzene rings is 3. The Bertz CT molecular complexity index is 1250. The number of anilines is 2. The van der Waals surface area contributed by atoms with Crippen LogP contribution < -0.4 is 16.0 Å². The molecular weight excluding hydrogens is 408 g/mol. The maximum atomic E-state index is 13.0. The molecule has 0 bridgehead atoms. The Kier molecular flexibility index (Phi) is 6.05. The Hall–Kier alpha value is -3.70. The molecule has 5 rings (SSSR count). The van der Waals surface area contributed by atoms with Gasteiger partial charge in [0.15, 0.2) is 0 Å². The zero-order valence-corrected chi connectivity index (χ0v) is 18.6. The van der Waals surface area contributed by atoms with E-state index in [0.29, 0.717) is 0 Å². The molecule has 1 saturated heterocycles. The molecule has 1 amide bonds. The van der Waals surface area contributed by atoms with Gasteiger partial charge in [-0.15, -0.1) is 0 Å². The van der Waals surface area contributed by atoms with Crippen molar-refractivity contribution in [1.82, 2.24) is 4.98 Å². The van der Waals surface area contributed by atoms with Crippen LogP contribution in [-0.2, 0) is 4.79 Å². The highest BCUT2D eigenvalue weighted by Crippen LogP contribution is 2.33. The number of amides is 1. The number of fused-ring (bicyclic) bond motifs is 1. The summed E-state index contributed by atoms with van der Waals surface area (Å²) >= 11 is 0. The first-order valence-corrected chi connectivity index (χ1v) is 11.6. The molecule has 3 N–H and O–H groups in total. The fourth-order valence-corrected chi connectivity index (χ4v) is 4.53. The summed E-state index contributed by atoms with van der Waals surface area (Å²) in [4.78, 5) is 20.1. The van der Waals surface area contributed by atoms with E-state index in [9.17, 15) is 4.79 Å².